The number of hydrogen-bond acceptors (Lipinski definition) is 3. The fraction of sp³-hybridized carbons (Fsp3) is 0.464. The Labute approximate surface area is 209 Å². The quantitative estimate of drug-likeness (QED) is 0.276. The van der Waals surface area contributed by atoms with Crippen molar-refractivity contribution in [3.05, 3.63) is 77.9 Å². The van der Waals surface area contributed by atoms with Crippen LogP contribution in [0.25, 0.3) is 0 Å². The van der Waals surface area contributed by atoms with Gasteiger partial charge in [0, 0.05) is 18.5 Å². The van der Waals surface area contributed by atoms with Crippen LogP contribution in [0.5, 0.6) is 5.75 Å². The molecule has 1 aliphatic heterocycles. The zero-order valence-corrected chi connectivity index (χ0v) is 22.6. The van der Waals surface area contributed by atoms with E-state index in [1.807, 2.05) is 58.1 Å². The minimum atomic E-state index is -3.21. The molecule has 0 unspecified atom stereocenters. The standard InChI is InChI=1S/C28H37F2NO3Si/c1-27(2,3)35(5,6)34-25(28(29,30)22-10-8-7-9-11-22)18-14-23-15-19-26(32)31(23)20-21-12-16-24(33-4)17-13-21/h7-14,16-18,23,25H,15,19-20H2,1-6H3/t23-,25+/m0/s1. The van der Waals surface area contributed by atoms with Gasteiger partial charge < -0.3 is 14.1 Å². The predicted octanol–water partition coefficient (Wildman–Crippen LogP) is 6.92. The lowest BCUT2D eigenvalue weighted by Crippen LogP contribution is -2.48. The number of carbonyl (C=O) groups excluding carboxylic acids is 1. The fourth-order valence-electron chi connectivity index (χ4n) is 3.87. The summed E-state index contributed by atoms with van der Waals surface area (Å²) < 4.78 is 43.0. The SMILES string of the molecule is COc1ccc(CN2C(=O)CC[C@@H]2C=C[C@@H](O[Si](C)(C)C(C)(C)C)C(F)(F)c2ccccc2)cc1. The van der Waals surface area contributed by atoms with Crippen molar-refractivity contribution in [2.45, 2.75) is 76.4 Å². The number of ether oxygens (including phenoxy) is 1. The summed E-state index contributed by atoms with van der Waals surface area (Å²) in [6.07, 6.45) is 2.79. The van der Waals surface area contributed by atoms with Crippen molar-refractivity contribution in [3.8, 4) is 5.75 Å². The van der Waals surface area contributed by atoms with Gasteiger partial charge in [0.2, 0.25) is 5.91 Å². The van der Waals surface area contributed by atoms with E-state index in [2.05, 4.69) is 0 Å². The van der Waals surface area contributed by atoms with Crippen molar-refractivity contribution >= 4 is 14.2 Å². The first-order chi connectivity index (χ1) is 16.3. The van der Waals surface area contributed by atoms with Gasteiger partial charge in [0.1, 0.15) is 11.9 Å². The lowest BCUT2D eigenvalue weighted by Gasteiger charge is -2.40. The second-order valence-electron chi connectivity index (χ2n) is 10.6. The Balaban J connectivity index is 1.87. The van der Waals surface area contributed by atoms with Crippen molar-refractivity contribution < 1.29 is 22.7 Å². The average Bonchev–Trinajstić information content (AvgIpc) is 3.16. The highest BCUT2D eigenvalue weighted by atomic mass is 28.4. The third-order valence-electron chi connectivity index (χ3n) is 7.14. The Kier molecular flexibility index (Phi) is 8.22. The number of alkyl halides is 2. The molecular weight excluding hydrogens is 464 g/mol. The van der Waals surface area contributed by atoms with Gasteiger partial charge in [-0.15, -0.1) is 0 Å². The van der Waals surface area contributed by atoms with E-state index < -0.39 is 20.3 Å². The predicted molar refractivity (Wildman–Crippen MR) is 138 cm³/mol. The highest BCUT2D eigenvalue weighted by molar-refractivity contribution is 6.74. The van der Waals surface area contributed by atoms with Crippen molar-refractivity contribution in [3.63, 3.8) is 0 Å². The Bertz CT molecular complexity index is 1020. The van der Waals surface area contributed by atoms with Crippen LogP contribution in [-0.4, -0.2) is 38.4 Å². The molecular formula is C28H37F2NO3Si. The molecule has 1 heterocycles. The van der Waals surface area contributed by atoms with Crippen LogP contribution in [0.2, 0.25) is 18.1 Å². The van der Waals surface area contributed by atoms with Gasteiger partial charge in [-0.25, -0.2) is 0 Å². The van der Waals surface area contributed by atoms with Crippen LogP contribution in [0, 0.1) is 0 Å². The van der Waals surface area contributed by atoms with E-state index in [0.717, 1.165) is 11.3 Å². The Morgan fingerprint density at radius 3 is 2.29 bits per heavy atom. The first-order valence-electron chi connectivity index (χ1n) is 12.1. The van der Waals surface area contributed by atoms with Crippen molar-refractivity contribution in [2.24, 2.45) is 0 Å². The smallest absolute Gasteiger partial charge is 0.301 e. The highest BCUT2D eigenvalue weighted by Gasteiger charge is 2.47. The molecule has 2 aromatic carbocycles. The van der Waals surface area contributed by atoms with Gasteiger partial charge in [-0.2, -0.15) is 8.78 Å². The van der Waals surface area contributed by atoms with Gasteiger partial charge in [0.25, 0.3) is 0 Å². The zero-order chi connectivity index (χ0) is 25.9. The van der Waals surface area contributed by atoms with E-state index in [1.165, 1.54) is 18.2 Å². The molecule has 2 atom stereocenters. The topological polar surface area (TPSA) is 38.8 Å². The first kappa shape index (κ1) is 27.1. The van der Waals surface area contributed by atoms with Crippen LogP contribution >= 0.6 is 0 Å². The van der Waals surface area contributed by atoms with Gasteiger partial charge >= 0.3 is 5.92 Å². The van der Waals surface area contributed by atoms with Crippen molar-refractivity contribution in [1.29, 1.82) is 0 Å². The number of hydrogen-bond donors (Lipinski definition) is 0. The molecule has 190 valence electrons. The fourth-order valence-corrected chi connectivity index (χ4v) is 5.09. The van der Waals surface area contributed by atoms with Crippen LogP contribution in [0.4, 0.5) is 8.78 Å². The summed E-state index contributed by atoms with van der Waals surface area (Å²) in [7, 11) is -0.907. The first-order valence-corrected chi connectivity index (χ1v) is 15.0. The number of amides is 1. The second kappa shape index (κ2) is 10.6. The summed E-state index contributed by atoms with van der Waals surface area (Å²) in [4.78, 5) is 14.4. The van der Waals surface area contributed by atoms with Crippen molar-refractivity contribution in [2.75, 3.05) is 7.11 Å². The van der Waals surface area contributed by atoms with E-state index in [-0.39, 0.29) is 22.6 Å². The van der Waals surface area contributed by atoms with Crippen LogP contribution in [-0.2, 0) is 21.7 Å². The molecule has 1 fully saturated rings. The summed E-state index contributed by atoms with van der Waals surface area (Å²) >= 11 is 0. The van der Waals surface area contributed by atoms with E-state index in [9.17, 15) is 4.79 Å². The number of benzene rings is 2. The Morgan fingerprint density at radius 2 is 1.71 bits per heavy atom. The number of rotatable bonds is 9. The Morgan fingerprint density at radius 1 is 1.09 bits per heavy atom. The lowest BCUT2D eigenvalue weighted by molar-refractivity contribution is -0.129. The van der Waals surface area contributed by atoms with Gasteiger partial charge in [-0.1, -0.05) is 75.4 Å². The second-order valence-corrected chi connectivity index (χ2v) is 15.4. The third-order valence-corrected chi connectivity index (χ3v) is 11.6. The van der Waals surface area contributed by atoms with Crippen LogP contribution in [0.1, 0.15) is 44.7 Å². The molecule has 1 saturated heterocycles. The van der Waals surface area contributed by atoms with Crippen LogP contribution in [0.15, 0.2) is 66.7 Å². The van der Waals surface area contributed by atoms with E-state index in [1.54, 1.807) is 36.3 Å². The van der Waals surface area contributed by atoms with Gasteiger partial charge in [0.05, 0.1) is 13.2 Å². The molecule has 0 aliphatic carbocycles. The zero-order valence-electron chi connectivity index (χ0n) is 21.6. The molecule has 0 aromatic heterocycles. The van der Waals surface area contributed by atoms with Gasteiger partial charge in [-0.3, -0.25) is 4.79 Å². The third kappa shape index (κ3) is 6.38. The molecule has 1 amide bonds. The average molecular weight is 502 g/mol. The molecule has 3 rings (SSSR count). The van der Waals surface area contributed by atoms with Crippen LogP contribution < -0.4 is 4.74 Å². The molecule has 7 heteroatoms. The molecule has 0 spiro atoms. The monoisotopic (exact) mass is 501 g/mol. The maximum atomic E-state index is 15.8. The minimum absolute atomic E-state index is 0.0205. The number of carbonyl (C=O) groups is 1. The summed E-state index contributed by atoms with van der Waals surface area (Å²) in [6.45, 7) is 10.5. The number of likely N-dealkylation sites (tertiary alicyclic amines) is 1. The van der Waals surface area contributed by atoms with Gasteiger partial charge in [-0.05, 0) is 42.2 Å². The molecule has 0 bridgehead atoms. The van der Waals surface area contributed by atoms with E-state index in [0.29, 0.717) is 19.4 Å². The lowest BCUT2D eigenvalue weighted by atomic mass is 10.0. The molecule has 0 N–H and O–H groups in total. The minimum Gasteiger partial charge on any atom is -0.497 e. The summed E-state index contributed by atoms with van der Waals surface area (Å²) in [6, 6.07) is 15.1. The summed E-state index contributed by atoms with van der Waals surface area (Å²) in [5.74, 6) is -2.45. The van der Waals surface area contributed by atoms with E-state index >= 15 is 8.78 Å². The summed E-state index contributed by atoms with van der Waals surface area (Å²) in [5.41, 5.74) is 0.883. The molecule has 1 aliphatic rings. The largest absolute Gasteiger partial charge is 0.497 e. The summed E-state index contributed by atoms with van der Waals surface area (Å²) in [5, 5.41) is -0.227. The van der Waals surface area contributed by atoms with Crippen LogP contribution in [0.3, 0.4) is 0 Å². The maximum Gasteiger partial charge on any atom is 0.301 e. The van der Waals surface area contributed by atoms with Gasteiger partial charge in [0.15, 0.2) is 8.32 Å². The molecule has 0 radical (unpaired) electrons. The highest BCUT2D eigenvalue weighted by Crippen LogP contribution is 2.42. The number of halogens is 2. The number of methoxy groups -OCH3 is 1. The Hall–Kier alpha value is -2.51. The van der Waals surface area contributed by atoms with E-state index in [4.69, 9.17) is 9.16 Å². The number of nitrogens with zero attached hydrogens (tertiary/aromatic N) is 1. The normalized spacial score (nSPS) is 18.3. The molecule has 35 heavy (non-hydrogen) atoms. The van der Waals surface area contributed by atoms with Crippen molar-refractivity contribution in [1.82, 2.24) is 4.90 Å². The molecule has 2 aromatic rings. The maximum absolute atomic E-state index is 15.8. The molecule has 0 saturated carbocycles. The molecule has 4 nitrogen and oxygen atoms in total.